The minimum Gasteiger partial charge on any atom is -0.327 e. The summed E-state index contributed by atoms with van der Waals surface area (Å²) in [5.41, 5.74) is 23.2. The Labute approximate surface area is 373 Å². The largest absolute Gasteiger partial charge is 0.327 e. The lowest BCUT2D eigenvalue weighted by molar-refractivity contribution is 0.791. The molecule has 0 amide bonds. The van der Waals surface area contributed by atoms with Crippen molar-refractivity contribution in [3.05, 3.63) is 205 Å². The lowest BCUT2D eigenvalue weighted by atomic mass is 9.90. The maximum absolute atomic E-state index is 6.13. The van der Waals surface area contributed by atoms with E-state index in [0.717, 1.165) is 22.5 Å². The molecule has 5 heteroatoms. The normalized spacial score (nSPS) is 11.4. The topological polar surface area (TPSA) is 60.6 Å². The Hall–Kier alpha value is -7.86. The van der Waals surface area contributed by atoms with Crippen LogP contribution in [0, 0.1) is 13.8 Å². The molecular weight excluding hydrogens is 779 g/mol. The smallest absolute Gasteiger partial charge is 0.0958 e. The SMILES string of the molecule is C=Nc1cccnc1C(=C)c1ccc(C)c(-c2ccc3ccccc3c2C)c1.CC.NCn1c2ccccc2c2cc(-c3cc4c5ccccc5n5c6ccccc6c(c3)c45)ccc21. The van der Waals surface area contributed by atoms with Crippen molar-refractivity contribution in [3.63, 3.8) is 0 Å². The number of nitrogens with two attached hydrogens (primary N) is 1. The second-order valence-electron chi connectivity index (χ2n) is 16.1. The Kier molecular flexibility index (Phi) is 10.3. The molecule has 0 aliphatic carbocycles. The molecule has 0 saturated heterocycles. The fourth-order valence-electron chi connectivity index (χ4n) is 9.76. The van der Waals surface area contributed by atoms with Gasteiger partial charge in [-0.05, 0) is 131 Å². The Morgan fingerprint density at radius 1 is 0.562 bits per heavy atom. The highest BCUT2D eigenvalue weighted by Gasteiger charge is 2.19. The summed E-state index contributed by atoms with van der Waals surface area (Å²) in [6.07, 6.45) is 1.76. The zero-order valence-corrected chi connectivity index (χ0v) is 36.7. The third-order valence-electron chi connectivity index (χ3n) is 12.8. The molecule has 12 rings (SSSR count). The molecule has 2 N–H and O–H groups in total. The second-order valence-corrected chi connectivity index (χ2v) is 16.1. The van der Waals surface area contributed by atoms with E-state index in [-0.39, 0.29) is 0 Å². The van der Waals surface area contributed by atoms with Crippen molar-refractivity contribution in [1.29, 1.82) is 0 Å². The number of nitrogens with zero attached hydrogens (tertiary/aromatic N) is 4. The number of pyridine rings is 1. The molecule has 0 saturated carbocycles. The van der Waals surface area contributed by atoms with Crippen LogP contribution in [-0.4, -0.2) is 20.7 Å². The summed E-state index contributed by atoms with van der Waals surface area (Å²) in [5, 5.41) is 10.3. The first kappa shape index (κ1) is 40.2. The van der Waals surface area contributed by atoms with Crippen molar-refractivity contribution in [2.75, 3.05) is 0 Å². The van der Waals surface area contributed by atoms with E-state index >= 15 is 0 Å². The van der Waals surface area contributed by atoms with E-state index in [1.165, 1.54) is 104 Å². The van der Waals surface area contributed by atoms with E-state index in [1.54, 1.807) is 6.20 Å². The maximum atomic E-state index is 6.13. The van der Waals surface area contributed by atoms with E-state index in [4.69, 9.17) is 5.73 Å². The molecule has 0 aliphatic heterocycles. The highest BCUT2D eigenvalue weighted by molar-refractivity contribution is 6.24. The number of aliphatic imine (C=N–C) groups is 1. The first-order valence-electron chi connectivity index (χ1n) is 22.0. The summed E-state index contributed by atoms with van der Waals surface area (Å²) in [6, 6.07) is 60.7. The predicted molar refractivity (Wildman–Crippen MR) is 276 cm³/mol. The lowest BCUT2D eigenvalue weighted by Crippen LogP contribution is -2.05. The minimum absolute atomic E-state index is 0.468. The number of aromatic nitrogens is 3. The molecule has 0 bridgehead atoms. The van der Waals surface area contributed by atoms with Crippen LogP contribution in [0.15, 0.2) is 188 Å². The molecule has 0 fully saturated rings. The Morgan fingerprint density at radius 3 is 1.83 bits per heavy atom. The van der Waals surface area contributed by atoms with Crippen molar-refractivity contribution < 1.29 is 0 Å². The molecule has 64 heavy (non-hydrogen) atoms. The van der Waals surface area contributed by atoms with Gasteiger partial charge in [-0.25, -0.2) is 0 Å². The van der Waals surface area contributed by atoms with E-state index in [1.807, 2.05) is 26.0 Å². The standard InChI is InChI=1S/C31H21N3.C26H22N2.C2H6/c32-18-33-27-10-4-1-7-21(27)24-15-19(13-14-28(24)33)20-16-25-22-8-2-5-11-29(22)34-30-12-6-3-9-23(30)26(17-20)31(25)34;1-17-11-12-21(18(2)26-25(27-4)10-7-15-28-26)16-24(17)23-14-13-20-8-5-6-9-22(20)19(23)3;1-2/h1-17H,18,32H2;5-16H,2,4H2,1,3H3;1-2H3. The fraction of sp³-hybridized carbons (Fsp3) is 0.0847. The molecule has 4 aromatic heterocycles. The van der Waals surface area contributed by atoms with Gasteiger partial charge in [-0.15, -0.1) is 0 Å². The van der Waals surface area contributed by atoms with Crippen LogP contribution in [0.25, 0.3) is 98.5 Å². The number of rotatable bonds is 6. The predicted octanol–water partition coefficient (Wildman–Crippen LogP) is 15.5. The molecule has 4 heterocycles. The van der Waals surface area contributed by atoms with Gasteiger partial charge in [0, 0.05) is 44.1 Å². The molecule has 0 unspecified atom stereocenters. The van der Waals surface area contributed by atoms with Crippen LogP contribution in [0.2, 0.25) is 0 Å². The molecule has 0 radical (unpaired) electrons. The molecule has 310 valence electrons. The molecule has 12 aromatic rings. The van der Waals surface area contributed by atoms with Gasteiger partial charge in [-0.3, -0.25) is 9.98 Å². The molecular formula is C59H49N5. The number of benzene rings is 8. The Morgan fingerprint density at radius 2 is 1.16 bits per heavy atom. The van der Waals surface area contributed by atoms with E-state index in [9.17, 15) is 0 Å². The van der Waals surface area contributed by atoms with Gasteiger partial charge in [0.05, 0.1) is 45.6 Å². The molecule has 0 aliphatic rings. The van der Waals surface area contributed by atoms with Crippen LogP contribution in [0.4, 0.5) is 5.69 Å². The van der Waals surface area contributed by atoms with Crippen LogP contribution in [0.3, 0.4) is 0 Å². The van der Waals surface area contributed by atoms with Crippen LogP contribution < -0.4 is 5.73 Å². The van der Waals surface area contributed by atoms with E-state index in [0.29, 0.717) is 6.67 Å². The van der Waals surface area contributed by atoms with Crippen molar-refractivity contribution in [3.8, 4) is 22.3 Å². The molecule has 5 nitrogen and oxygen atoms in total. The third-order valence-corrected chi connectivity index (χ3v) is 12.8. The van der Waals surface area contributed by atoms with Gasteiger partial charge in [-0.1, -0.05) is 130 Å². The first-order chi connectivity index (χ1) is 31.4. The Bertz CT molecular complexity index is 3670. The molecule has 8 aromatic carbocycles. The van der Waals surface area contributed by atoms with Gasteiger partial charge >= 0.3 is 0 Å². The van der Waals surface area contributed by atoms with Crippen molar-refractivity contribution in [2.45, 2.75) is 34.4 Å². The number of para-hydroxylation sites is 3. The van der Waals surface area contributed by atoms with Gasteiger partial charge in [0.15, 0.2) is 0 Å². The van der Waals surface area contributed by atoms with E-state index < -0.39 is 0 Å². The fourth-order valence-corrected chi connectivity index (χ4v) is 9.76. The third kappa shape index (κ3) is 6.43. The summed E-state index contributed by atoms with van der Waals surface area (Å²) in [5.74, 6) is 0. The molecule has 0 atom stereocenters. The van der Waals surface area contributed by atoms with Crippen LogP contribution in [0.1, 0.15) is 36.2 Å². The lowest BCUT2D eigenvalue weighted by Gasteiger charge is -2.15. The first-order valence-corrected chi connectivity index (χ1v) is 22.0. The van der Waals surface area contributed by atoms with E-state index in [2.05, 4.69) is 204 Å². The van der Waals surface area contributed by atoms with Gasteiger partial charge in [0.1, 0.15) is 0 Å². The summed E-state index contributed by atoms with van der Waals surface area (Å²) >= 11 is 0. The zero-order chi connectivity index (χ0) is 44.1. The quantitative estimate of drug-likeness (QED) is 0.170. The monoisotopic (exact) mass is 827 g/mol. The average Bonchev–Trinajstić information content (AvgIpc) is 3.99. The van der Waals surface area contributed by atoms with Crippen LogP contribution in [0.5, 0.6) is 0 Å². The van der Waals surface area contributed by atoms with Crippen LogP contribution in [-0.2, 0) is 6.67 Å². The summed E-state index contributed by atoms with van der Waals surface area (Å²) in [6.45, 7) is 16.8. The number of hydrogen-bond acceptors (Lipinski definition) is 3. The van der Waals surface area contributed by atoms with Crippen molar-refractivity contribution in [1.82, 2.24) is 14.0 Å². The number of aryl methyl sites for hydroxylation is 2. The minimum atomic E-state index is 0.468. The highest BCUT2D eigenvalue weighted by atomic mass is 15.0. The summed E-state index contributed by atoms with van der Waals surface area (Å²) in [4.78, 5) is 8.57. The number of fused-ring (bicyclic) bond motifs is 10. The van der Waals surface area contributed by atoms with Gasteiger partial charge in [-0.2, -0.15) is 0 Å². The Balaban J connectivity index is 0.000000149. The summed E-state index contributed by atoms with van der Waals surface area (Å²) in [7, 11) is 0. The van der Waals surface area contributed by atoms with Crippen LogP contribution >= 0.6 is 0 Å². The van der Waals surface area contributed by atoms with Gasteiger partial charge < -0.3 is 14.7 Å². The maximum Gasteiger partial charge on any atom is 0.0958 e. The second kappa shape index (κ2) is 16.4. The molecule has 0 spiro atoms. The van der Waals surface area contributed by atoms with Crippen molar-refractivity contribution in [2.24, 2.45) is 10.7 Å². The van der Waals surface area contributed by atoms with Gasteiger partial charge in [0.25, 0.3) is 0 Å². The number of hydrogen-bond donors (Lipinski definition) is 1. The highest BCUT2D eigenvalue weighted by Crippen LogP contribution is 2.43. The average molecular weight is 828 g/mol. The zero-order valence-electron chi connectivity index (χ0n) is 36.7. The van der Waals surface area contributed by atoms with Gasteiger partial charge in [0.2, 0.25) is 0 Å². The van der Waals surface area contributed by atoms with Crippen molar-refractivity contribution >= 4 is 88.7 Å². The summed E-state index contributed by atoms with van der Waals surface area (Å²) < 4.78 is 4.62.